The predicted octanol–water partition coefficient (Wildman–Crippen LogP) is 5.10. The molecule has 230 valence electrons. The van der Waals surface area contributed by atoms with Crippen LogP contribution in [-0.2, 0) is 17.8 Å². The standard InChI is InChI=1S/C33H44N6O4/c1-8-21-18-38(19(3)28(21)34)32(40)23-12-24-29(26(14-23)41-5)39(17-20-15-33(4,16-20)43-7)31(35-24)25-13-22-10-11-27(42-6)36-30(22)37(25)9-2/h10-14,19-21,28H,8-9,15-18,34H2,1-7H3. The molecule has 2 fully saturated rings. The summed E-state index contributed by atoms with van der Waals surface area (Å²) < 4.78 is 21.6. The van der Waals surface area contributed by atoms with Gasteiger partial charge in [0.2, 0.25) is 5.88 Å². The minimum Gasteiger partial charge on any atom is -0.494 e. The van der Waals surface area contributed by atoms with E-state index in [1.807, 2.05) is 36.1 Å². The predicted molar refractivity (Wildman–Crippen MR) is 168 cm³/mol. The van der Waals surface area contributed by atoms with Crippen LogP contribution in [0.1, 0.15) is 57.3 Å². The molecule has 4 heterocycles. The van der Waals surface area contributed by atoms with Crippen LogP contribution in [0.2, 0.25) is 0 Å². The fourth-order valence-electron chi connectivity index (χ4n) is 7.30. The van der Waals surface area contributed by atoms with Gasteiger partial charge in [0.05, 0.1) is 31.0 Å². The van der Waals surface area contributed by atoms with Crippen LogP contribution in [-0.4, -0.2) is 75.5 Å². The van der Waals surface area contributed by atoms with Crippen LogP contribution in [0.5, 0.6) is 11.6 Å². The maximum absolute atomic E-state index is 13.9. The average molecular weight is 589 g/mol. The zero-order valence-electron chi connectivity index (χ0n) is 26.4. The fraction of sp³-hybridized carbons (Fsp3) is 0.545. The number of carbonyl (C=O) groups excluding carboxylic acids is 1. The fourth-order valence-corrected chi connectivity index (χ4v) is 7.30. The van der Waals surface area contributed by atoms with Crippen molar-refractivity contribution in [2.45, 2.75) is 77.7 Å². The highest BCUT2D eigenvalue weighted by molar-refractivity contribution is 6.00. The van der Waals surface area contributed by atoms with E-state index < -0.39 is 0 Å². The summed E-state index contributed by atoms with van der Waals surface area (Å²) in [5, 5.41) is 1.01. The monoisotopic (exact) mass is 588 g/mol. The van der Waals surface area contributed by atoms with Crippen LogP contribution in [0.25, 0.3) is 33.6 Å². The van der Waals surface area contributed by atoms with E-state index in [1.165, 1.54) is 0 Å². The third-order valence-electron chi connectivity index (χ3n) is 9.93. The van der Waals surface area contributed by atoms with Gasteiger partial charge in [-0.25, -0.2) is 4.98 Å². The Morgan fingerprint density at radius 2 is 1.84 bits per heavy atom. The molecule has 10 nitrogen and oxygen atoms in total. The summed E-state index contributed by atoms with van der Waals surface area (Å²) in [6, 6.07) is 9.76. The second-order valence-corrected chi connectivity index (χ2v) is 12.5. The van der Waals surface area contributed by atoms with E-state index in [0.717, 1.165) is 59.4 Å². The smallest absolute Gasteiger partial charge is 0.254 e. The van der Waals surface area contributed by atoms with E-state index in [2.05, 4.69) is 36.0 Å². The van der Waals surface area contributed by atoms with E-state index in [0.29, 0.717) is 42.1 Å². The van der Waals surface area contributed by atoms with Crippen molar-refractivity contribution in [3.8, 4) is 23.1 Å². The Morgan fingerprint density at radius 3 is 2.47 bits per heavy atom. The van der Waals surface area contributed by atoms with Gasteiger partial charge in [-0.15, -0.1) is 0 Å². The molecule has 1 saturated heterocycles. The normalized spacial score (nSPS) is 25.4. The zero-order valence-corrected chi connectivity index (χ0v) is 26.4. The second-order valence-electron chi connectivity index (χ2n) is 12.5. The summed E-state index contributed by atoms with van der Waals surface area (Å²) in [5.74, 6) is 2.70. The number of aryl methyl sites for hydroxylation is 1. The van der Waals surface area contributed by atoms with Crippen LogP contribution < -0.4 is 15.2 Å². The van der Waals surface area contributed by atoms with Crippen LogP contribution in [0.3, 0.4) is 0 Å². The molecule has 1 aromatic carbocycles. The number of benzene rings is 1. The van der Waals surface area contributed by atoms with Gasteiger partial charge in [-0.2, -0.15) is 4.98 Å². The summed E-state index contributed by atoms with van der Waals surface area (Å²) in [6.07, 6.45) is 2.87. The molecule has 2 aliphatic rings. The minimum atomic E-state index is -0.104. The number of nitrogens with zero attached hydrogens (tertiary/aromatic N) is 5. The number of carbonyl (C=O) groups is 1. The number of imidazole rings is 1. The van der Waals surface area contributed by atoms with Crippen LogP contribution in [0, 0.1) is 11.8 Å². The summed E-state index contributed by atoms with van der Waals surface area (Å²) in [6.45, 7) is 10.6. The lowest BCUT2D eigenvalue weighted by Gasteiger charge is -2.44. The van der Waals surface area contributed by atoms with Crippen LogP contribution >= 0.6 is 0 Å². The molecule has 6 rings (SSSR count). The van der Waals surface area contributed by atoms with Gasteiger partial charge in [0.15, 0.2) is 5.82 Å². The molecule has 1 amide bonds. The Hall–Kier alpha value is -3.63. The van der Waals surface area contributed by atoms with E-state index >= 15 is 0 Å². The molecule has 0 spiro atoms. The summed E-state index contributed by atoms with van der Waals surface area (Å²) >= 11 is 0. The number of likely N-dealkylation sites (tertiary alicyclic amines) is 1. The largest absolute Gasteiger partial charge is 0.494 e. The first kappa shape index (κ1) is 29.4. The maximum atomic E-state index is 13.9. The Morgan fingerprint density at radius 1 is 1.07 bits per heavy atom. The van der Waals surface area contributed by atoms with Gasteiger partial charge < -0.3 is 34.0 Å². The average Bonchev–Trinajstić information content (AvgIpc) is 3.65. The van der Waals surface area contributed by atoms with Crippen molar-refractivity contribution in [3.05, 3.63) is 35.9 Å². The van der Waals surface area contributed by atoms with Gasteiger partial charge in [-0.1, -0.05) is 13.3 Å². The number of nitrogens with two attached hydrogens (primary N) is 1. The van der Waals surface area contributed by atoms with E-state index in [-0.39, 0.29) is 23.6 Å². The second kappa shape index (κ2) is 11.1. The molecule has 1 saturated carbocycles. The van der Waals surface area contributed by atoms with Crippen molar-refractivity contribution in [2.75, 3.05) is 27.9 Å². The molecular weight excluding hydrogens is 544 g/mol. The van der Waals surface area contributed by atoms with Crippen molar-refractivity contribution in [3.63, 3.8) is 0 Å². The Bertz CT molecular complexity index is 1670. The minimum absolute atomic E-state index is 0.0335. The van der Waals surface area contributed by atoms with Gasteiger partial charge in [0.1, 0.15) is 16.9 Å². The number of methoxy groups -OCH3 is 3. The van der Waals surface area contributed by atoms with Gasteiger partial charge in [-0.05, 0) is 69.7 Å². The number of hydrogen-bond donors (Lipinski definition) is 1. The number of aromatic nitrogens is 4. The topological polar surface area (TPSA) is 110 Å². The van der Waals surface area contributed by atoms with Gasteiger partial charge in [0, 0.05) is 55.8 Å². The molecule has 3 unspecified atom stereocenters. The molecule has 43 heavy (non-hydrogen) atoms. The van der Waals surface area contributed by atoms with Crippen molar-refractivity contribution < 1.29 is 19.0 Å². The van der Waals surface area contributed by atoms with Crippen molar-refractivity contribution in [2.24, 2.45) is 17.6 Å². The van der Waals surface area contributed by atoms with Gasteiger partial charge in [0.25, 0.3) is 5.91 Å². The van der Waals surface area contributed by atoms with E-state index in [4.69, 9.17) is 29.9 Å². The summed E-state index contributed by atoms with van der Waals surface area (Å²) in [7, 11) is 5.07. The molecule has 2 N–H and O–H groups in total. The Kier molecular flexibility index (Phi) is 7.62. The number of hydrogen-bond acceptors (Lipinski definition) is 7. The quantitative estimate of drug-likeness (QED) is 0.290. The molecule has 1 aliphatic heterocycles. The number of pyridine rings is 1. The molecule has 4 aromatic rings. The molecule has 0 bridgehead atoms. The van der Waals surface area contributed by atoms with Crippen LogP contribution in [0.4, 0.5) is 0 Å². The van der Waals surface area contributed by atoms with Gasteiger partial charge in [-0.3, -0.25) is 4.79 Å². The first-order valence-electron chi connectivity index (χ1n) is 15.4. The summed E-state index contributed by atoms with van der Waals surface area (Å²) in [5.41, 5.74) is 10.4. The Balaban J connectivity index is 1.50. The van der Waals surface area contributed by atoms with Crippen molar-refractivity contribution in [1.29, 1.82) is 0 Å². The van der Waals surface area contributed by atoms with Crippen molar-refractivity contribution >= 4 is 28.0 Å². The number of ether oxygens (including phenoxy) is 3. The first-order chi connectivity index (χ1) is 20.6. The van der Waals surface area contributed by atoms with Crippen molar-refractivity contribution in [1.82, 2.24) is 24.0 Å². The van der Waals surface area contributed by atoms with Gasteiger partial charge >= 0.3 is 0 Å². The Labute approximate surface area is 253 Å². The lowest BCUT2D eigenvalue weighted by molar-refractivity contribution is -0.0937. The molecular formula is C33H44N6O4. The summed E-state index contributed by atoms with van der Waals surface area (Å²) in [4.78, 5) is 25.8. The SMILES string of the molecule is CCC1CN(C(=O)c2cc(OC)c3c(c2)nc(-c2cc4ccc(OC)nc4n2CC)n3CC2CC(C)(OC)C2)C(C)C1N. The van der Waals surface area contributed by atoms with E-state index in [9.17, 15) is 4.79 Å². The van der Waals surface area contributed by atoms with E-state index in [1.54, 1.807) is 21.3 Å². The highest BCUT2D eigenvalue weighted by Crippen LogP contribution is 2.43. The molecule has 3 atom stereocenters. The lowest BCUT2D eigenvalue weighted by atomic mass is 9.72. The van der Waals surface area contributed by atoms with Crippen LogP contribution in [0.15, 0.2) is 30.3 Å². The maximum Gasteiger partial charge on any atom is 0.254 e. The molecule has 0 radical (unpaired) electrons. The molecule has 10 heteroatoms. The highest BCUT2D eigenvalue weighted by atomic mass is 16.5. The number of rotatable bonds is 9. The number of amides is 1. The molecule has 3 aromatic heterocycles. The zero-order chi connectivity index (χ0) is 30.6. The lowest BCUT2D eigenvalue weighted by Crippen LogP contribution is -2.44. The molecule has 1 aliphatic carbocycles. The highest BCUT2D eigenvalue weighted by Gasteiger charge is 2.42. The number of fused-ring (bicyclic) bond motifs is 2. The third kappa shape index (κ3) is 4.84. The third-order valence-corrected chi connectivity index (χ3v) is 9.93. The first-order valence-corrected chi connectivity index (χ1v) is 15.4.